The van der Waals surface area contributed by atoms with Gasteiger partial charge >= 0.3 is 6.03 Å². The minimum absolute atomic E-state index is 0.0108. The first-order valence-corrected chi connectivity index (χ1v) is 23.6. The predicted molar refractivity (Wildman–Crippen MR) is 217 cm³/mol. The van der Waals surface area contributed by atoms with Crippen LogP contribution in [0.3, 0.4) is 0 Å². The number of fused-ring (bicyclic) bond motifs is 3. The number of hydrogen-bond acceptors (Lipinski definition) is 8. The Labute approximate surface area is 336 Å². The van der Waals surface area contributed by atoms with E-state index < -0.39 is 61.9 Å². The number of nitrogens with one attached hydrogen (secondary N) is 4. The third-order valence-electron chi connectivity index (χ3n) is 13.9. The number of nitrogens with zero attached hydrogens (tertiary/aromatic N) is 2. The van der Waals surface area contributed by atoms with Crippen molar-refractivity contribution in [3.05, 3.63) is 0 Å². The summed E-state index contributed by atoms with van der Waals surface area (Å²) in [5.41, 5.74) is -1.14. The van der Waals surface area contributed by atoms with E-state index in [1.165, 1.54) is 0 Å². The molecule has 4 N–H and O–H groups in total. The van der Waals surface area contributed by atoms with Crippen LogP contribution in [0.1, 0.15) is 151 Å². The van der Waals surface area contributed by atoms with Gasteiger partial charge in [0.15, 0.2) is 9.84 Å². The number of carbonyl (C=O) groups is 5. The highest BCUT2D eigenvalue weighted by atomic mass is 32.2. The van der Waals surface area contributed by atoms with Gasteiger partial charge in [0.1, 0.15) is 12.1 Å². The van der Waals surface area contributed by atoms with E-state index in [9.17, 15) is 32.4 Å². The lowest BCUT2D eigenvalue weighted by molar-refractivity contribution is -0.144. The summed E-state index contributed by atoms with van der Waals surface area (Å²) >= 11 is 0. The van der Waals surface area contributed by atoms with Crippen LogP contribution in [0.2, 0.25) is 0 Å². The minimum Gasteiger partial charge on any atom is -0.347 e. The minimum atomic E-state index is -3.67. The number of hydrogen-bond donors (Lipinski definition) is 4. The summed E-state index contributed by atoms with van der Waals surface area (Å²) in [5, 5.41) is 11.8. The number of ketones is 1. The Morgan fingerprint density at radius 2 is 1.41 bits per heavy atom. The van der Waals surface area contributed by atoms with E-state index in [2.05, 4.69) is 40.0 Å². The molecule has 2 saturated heterocycles. The third kappa shape index (κ3) is 10.7. The van der Waals surface area contributed by atoms with E-state index in [0.717, 1.165) is 83.7 Å². The van der Waals surface area contributed by atoms with Crippen molar-refractivity contribution >= 4 is 39.4 Å². The molecule has 14 heteroatoms. The molecule has 0 aromatic rings. The molecular weight excluding hydrogens is 733 g/mol. The zero-order chi connectivity index (χ0) is 40.9. The summed E-state index contributed by atoms with van der Waals surface area (Å²) in [5.74, 6) is -2.28. The molecule has 5 rings (SSSR count). The molecule has 3 saturated carbocycles. The van der Waals surface area contributed by atoms with Crippen LogP contribution in [-0.4, -0.2) is 114 Å². The van der Waals surface area contributed by atoms with E-state index in [0.29, 0.717) is 51.6 Å². The number of carbonyl (C=O) groups excluding carboxylic acids is 5. The molecule has 0 radical (unpaired) electrons. The maximum atomic E-state index is 14.6. The monoisotopic (exact) mass is 805 g/mol. The third-order valence-corrected chi connectivity index (χ3v) is 16.6. The van der Waals surface area contributed by atoms with Gasteiger partial charge in [-0.2, -0.15) is 0 Å². The van der Waals surface area contributed by atoms with Crippen molar-refractivity contribution in [3.63, 3.8) is 0 Å². The predicted octanol–water partition coefficient (Wildman–Crippen LogP) is 4.62. The fraction of sp³-hybridized carbons (Fsp3) is 0.881. The number of piperidine rings is 1. The molecule has 0 aromatic heterocycles. The summed E-state index contributed by atoms with van der Waals surface area (Å²) in [6.45, 7) is 14.0. The number of rotatable bonds is 12. The van der Waals surface area contributed by atoms with Crippen molar-refractivity contribution in [1.82, 2.24) is 31.1 Å². The standard InChI is InChI=1S/C42H72N6O7S/c1-7-47(8-2)27-40(3,4)56(54,55)28-42(24-18-15-19-25-42)46-39(53)45-32-21-17-14-12-10-9-11-13-16-20-31(35(49)37(51)43-29-22-23-29)44-36(50)34-33-30(41(33,5)6)26-48(34)38(32)52/h29-34H,7-28H2,1-6H3,(H,43,51)(H,44,50)(H2,45,46,53). The van der Waals surface area contributed by atoms with Crippen LogP contribution >= 0.6 is 0 Å². The summed E-state index contributed by atoms with van der Waals surface area (Å²) in [6, 6.07) is -3.29. The normalized spacial score (nSPS) is 29.0. The maximum Gasteiger partial charge on any atom is 0.315 e. The van der Waals surface area contributed by atoms with Gasteiger partial charge in [0.25, 0.3) is 5.91 Å². The number of sulfone groups is 1. The quantitative estimate of drug-likeness (QED) is 0.207. The van der Waals surface area contributed by atoms with Gasteiger partial charge in [-0.1, -0.05) is 98.3 Å². The second-order valence-corrected chi connectivity index (χ2v) is 21.6. The summed E-state index contributed by atoms with van der Waals surface area (Å²) < 4.78 is 27.2. The molecule has 0 bridgehead atoms. The molecule has 0 spiro atoms. The Kier molecular flexibility index (Phi) is 14.6. The molecule has 2 heterocycles. The molecule has 56 heavy (non-hydrogen) atoms. The summed E-state index contributed by atoms with van der Waals surface area (Å²) in [6.07, 6.45) is 13.3. The first-order chi connectivity index (χ1) is 26.4. The molecule has 318 valence electrons. The van der Waals surface area contributed by atoms with Crippen LogP contribution < -0.4 is 21.3 Å². The van der Waals surface area contributed by atoms with E-state index in [1.807, 2.05) is 13.8 Å². The van der Waals surface area contributed by atoms with Crippen LogP contribution in [-0.2, 0) is 29.0 Å². The van der Waals surface area contributed by atoms with E-state index >= 15 is 0 Å². The average Bonchev–Trinajstić information content (AvgIpc) is 3.99. The zero-order valence-corrected chi connectivity index (χ0v) is 36.0. The molecule has 5 atom stereocenters. The van der Waals surface area contributed by atoms with Crippen molar-refractivity contribution < 1.29 is 32.4 Å². The van der Waals surface area contributed by atoms with Gasteiger partial charge in [0.05, 0.1) is 22.1 Å². The van der Waals surface area contributed by atoms with E-state index in [4.69, 9.17) is 0 Å². The molecule has 13 nitrogen and oxygen atoms in total. The van der Waals surface area contributed by atoms with Gasteiger partial charge in [-0.05, 0) is 82.7 Å². The van der Waals surface area contributed by atoms with Crippen LogP contribution in [0.4, 0.5) is 4.79 Å². The topological polar surface area (TPSA) is 174 Å². The van der Waals surface area contributed by atoms with Crippen molar-refractivity contribution in [1.29, 1.82) is 0 Å². The Morgan fingerprint density at radius 1 is 0.839 bits per heavy atom. The lowest BCUT2D eigenvalue weighted by atomic mass is 9.83. The van der Waals surface area contributed by atoms with Gasteiger partial charge in [-0.15, -0.1) is 0 Å². The number of Topliss-reactive ketones (excluding diaryl/α,β-unsaturated/α-hetero) is 1. The van der Waals surface area contributed by atoms with Gasteiger partial charge in [-0.25, -0.2) is 13.2 Å². The van der Waals surface area contributed by atoms with Gasteiger partial charge in [-0.3, -0.25) is 19.2 Å². The molecule has 0 aromatic carbocycles. The second kappa shape index (κ2) is 18.5. The fourth-order valence-corrected chi connectivity index (χ4v) is 11.7. The summed E-state index contributed by atoms with van der Waals surface area (Å²) in [4.78, 5) is 73.1. The van der Waals surface area contributed by atoms with Crippen LogP contribution in [0.5, 0.6) is 0 Å². The highest BCUT2D eigenvalue weighted by molar-refractivity contribution is 7.92. The first kappa shape index (κ1) is 44.4. The molecule has 2 aliphatic heterocycles. The van der Waals surface area contributed by atoms with Gasteiger partial charge in [0, 0.05) is 19.1 Å². The van der Waals surface area contributed by atoms with Crippen LogP contribution in [0.25, 0.3) is 0 Å². The van der Waals surface area contributed by atoms with Gasteiger partial charge < -0.3 is 31.1 Å². The van der Waals surface area contributed by atoms with Gasteiger partial charge in [0.2, 0.25) is 17.6 Å². The summed E-state index contributed by atoms with van der Waals surface area (Å²) in [7, 11) is -3.67. The number of urea groups is 1. The molecule has 5 fully saturated rings. The number of amides is 5. The van der Waals surface area contributed by atoms with Crippen molar-refractivity contribution in [2.24, 2.45) is 17.3 Å². The first-order valence-electron chi connectivity index (χ1n) is 21.9. The highest BCUT2D eigenvalue weighted by Crippen LogP contribution is 2.65. The Bertz CT molecular complexity index is 1530. The SMILES string of the molecule is CCN(CC)CC(C)(C)S(=O)(=O)CC1(NC(=O)NC2CCCCCCCCCCC(C(=O)C(=O)NC3CC3)NC(=O)C3C4C(CN3C2=O)C4(C)C)CCCCC1. The Morgan fingerprint density at radius 3 is 2.00 bits per heavy atom. The second-order valence-electron chi connectivity index (χ2n) is 18.9. The van der Waals surface area contributed by atoms with E-state index in [1.54, 1.807) is 18.7 Å². The highest BCUT2D eigenvalue weighted by Gasteiger charge is 2.69. The molecule has 5 amide bonds. The van der Waals surface area contributed by atoms with Crippen molar-refractivity contribution in [2.75, 3.05) is 31.9 Å². The average molecular weight is 805 g/mol. The largest absolute Gasteiger partial charge is 0.347 e. The van der Waals surface area contributed by atoms with Crippen molar-refractivity contribution in [2.45, 2.75) is 185 Å². The Hall–Kier alpha value is -2.74. The molecule has 5 unspecified atom stereocenters. The lowest BCUT2D eigenvalue weighted by Gasteiger charge is -2.41. The zero-order valence-electron chi connectivity index (χ0n) is 35.2. The molecular formula is C42H72N6O7S. The van der Waals surface area contributed by atoms with Crippen LogP contribution in [0, 0.1) is 17.3 Å². The van der Waals surface area contributed by atoms with E-state index in [-0.39, 0.29) is 35.0 Å². The Balaban J connectivity index is 1.36. The molecule has 5 aliphatic rings. The lowest BCUT2D eigenvalue weighted by Crippen LogP contribution is -2.62. The molecule has 3 aliphatic carbocycles. The van der Waals surface area contributed by atoms with Crippen LogP contribution in [0.15, 0.2) is 0 Å². The van der Waals surface area contributed by atoms with Crippen molar-refractivity contribution in [3.8, 4) is 0 Å². The fourth-order valence-electron chi connectivity index (χ4n) is 9.81. The smallest absolute Gasteiger partial charge is 0.315 e. The maximum absolute atomic E-state index is 14.6.